The van der Waals surface area contributed by atoms with Crippen LogP contribution in [-0.2, 0) is 11.3 Å². The molecular formula is C18H16N2O. The van der Waals surface area contributed by atoms with Crippen LogP contribution in [0.2, 0.25) is 0 Å². The molecule has 1 unspecified atom stereocenters. The molecule has 3 aromatic rings. The number of hydrogen-bond donors (Lipinski definition) is 2. The summed E-state index contributed by atoms with van der Waals surface area (Å²) in [7, 11) is 0. The Hall–Kier alpha value is -2.55. The number of aromatic nitrogens is 1. The van der Waals surface area contributed by atoms with Gasteiger partial charge in [0, 0.05) is 30.6 Å². The lowest BCUT2D eigenvalue weighted by Crippen LogP contribution is -2.21. The molecule has 0 aliphatic carbocycles. The standard InChI is InChI=1S/C18H16N2O/c21-18-10-16(15-4-2-1-3-14(15)11-20-18)12-5-6-17-13(9-12)7-8-19-17/h1-9,16,19H,10-11H2,(H,20,21). The average molecular weight is 276 g/mol. The predicted molar refractivity (Wildman–Crippen MR) is 83.0 cm³/mol. The lowest BCUT2D eigenvalue weighted by atomic mass is 9.86. The lowest BCUT2D eigenvalue weighted by molar-refractivity contribution is -0.121. The molecule has 104 valence electrons. The highest BCUT2D eigenvalue weighted by atomic mass is 16.1. The van der Waals surface area contributed by atoms with Gasteiger partial charge in [0.2, 0.25) is 5.91 Å². The van der Waals surface area contributed by atoms with Gasteiger partial charge in [-0.3, -0.25) is 4.79 Å². The fourth-order valence-corrected chi connectivity index (χ4v) is 3.18. The van der Waals surface area contributed by atoms with Crippen molar-refractivity contribution in [1.82, 2.24) is 10.3 Å². The third-order valence-electron chi connectivity index (χ3n) is 4.28. The van der Waals surface area contributed by atoms with Crippen LogP contribution >= 0.6 is 0 Å². The molecule has 1 amide bonds. The van der Waals surface area contributed by atoms with Gasteiger partial charge in [0.15, 0.2) is 0 Å². The van der Waals surface area contributed by atoms with Crippen molar-refractivity contribution in [3.8, 4) is 0 Å². The monoisotopic (exact) mass is 276 g/mol. The SMILES string of the molecule is O=C1CC(c2ccc3[nH]ccc3c2)c2ccccc2CN1. The van der Waals surface area contributed by atoms with Gasteiger partial charge < -0.3 is 10.3 Å². The van der Waals surface area contributed by atoms with E-state index in [0.717, 1.165) is 5.52 Å². The zero-order valence-corrected chi connectivity index (χ0v) is 11.6. The minimum absolute atomic E-state index is 0.116. The number of nitrogens with one attached hydrogen (secondary N) is 2. The summed E-state index contributed by atoms with van der Waals surface area (Å²) in [6, 6.07) is 16.8. The first-order valence-corrected chi connectivity index (χ1v) is 7.23. The summed E-state index contributed by atoms with van der Waals surface area (Å²) >= 11 is 0. The number of carbonyl (C=O) groups is 1. The van der Waals surface area contributed by atoms with Crippen LogP contribution in [0.4, 0.5) is 0 Å². The zero-order valence-electron chi connectivity index (χ0n) is 11.6. The number of aromatic amines is 1. The molecule has 1 atom stereocenters. The Labute approximate surface area is 123 Å². The third kappa shape index (κ3) is 2.11. The Morgan fingerprint density at radius 1 is 1.05 bits per heavy atom. The van der Waals surface area contributed by atoms with Crippen molar-refractivity contribution in [1.29, 1.82) is 0 Å². The molecule has 0 bridgehead atoms. The number of hydrogen-bond acceptors (Lipinski definition) is 1. The normalized spacial score (nSPS) is 18.1. The van der Waals surface area contributed by atoms with E-state index in [1.54, 1.807) is 0 Å². The minimum atomic E-state index is 0.116. The maximum atomic E-state index is 12.0. The Kier molecular flexibility index (Phi) is 2.78. The Balaban J connectivity index is 1.86. The van der Waals surface area contributed by atoms with Gasteiger partial charge in [-0.05, 0) is 40.3 Å². The maximum absolute atomic E-state index is 12.0. The average Bonchev–Trinajstić information content (AvgIpc) is 2.91. The van der Waals surface area contributed by atoms with Gasteiger partial charge in [-0.15, -0.1) is 0 Å². The minimum Gasteiger partial charge on any atom is -0.361 e. The number of rotatable bonds is 1. The van der Waals surface area contributed by atoms with E-state index >= 15 is 0 Å². The molecule has 0 fully saturated rings. The van der Waals surface area contributed by atoms with E-state index in [-0.39, 0.29) is 11.8 Å². The van der Waals surface area contributed by atoms with E-state index < -0.39 is 0 Å². The maximum Gasteiger partial charge on any atom is 0.221 e. The number of benzene rings is 2. The van der Waals surface area contributed by atoms with Crippen molar-refractivity contribution in [2.24, 2.45) is 0 Å². The van der Waals surface area contributed by atoms with Crippen molar-refractivity contribution in [3.05, 3.63) is 71.4 Å². The van der Waals surface area contributed by atoms with Gasteiger partial charge >= 0.3 is 0 Å². The van der Waals surface area contributed by atoms with E-state index in [1.807, 2.05) is 12.3 Å². The van der Waals surface area contributed by atoms with Crippen molar-refractivity contribution in [2.45, 2.75) is 18.9 Å². The lowest BCUT2D eigenvalue weighted by Gasteiger charge is -2.17. The van der Waals surface area contributed by atoms with Crippen molar-refractivity contribution >= 4 is 16.8 Å². The molecule has 1 aliphatic heterocycles. The highest BCUT2D eigenvalue weighted by Gasteiger charge is 2.24. The first-order chi connectivity index (χ1) is 10.3. The summed E-state index contributed by atoms with van der Waals surface area (Å²) in [5.74, 6) is 0.244. The van der Waals surface area contributed by atoms with Gasteiger partial charge in [0.05, 0.1) is 0 Å². The van der Waals surface area contributed by atoms with Gasteiger partial charge in [0.1, 0.15) is 0 Å². The fourth-order valence-electron chi connectivity index (χ4n) is 3.18. The summed E-state index contributed by atoms with van der Waals surface area (Å²) in [5.41, 5.74) is 4.80. The quantitative estimate of drug-likeness (QED) is 0.703. The molecule has 0 radical (unpaired) electrons. The molecule has 21 heavy (non-hydrogen) atoms. The molecule has 0 spiro atoms. The van der Waals surface area contributed by atoms with Gasteiger partial charge in [-0.1, -0.05) is 30.3 Å². The molecule has 2 aromatic carbocycles. The van der Waals surface area contributed by atoms with E-state index in [2.05, 4.69) is 52.8 Å². The van der Waals surface area contributed by atoms with Crippen molar-refractivity contribution < 1.29 is 4.79 Å². The first kappa shape index (κ1) is 12.2. The van der Waals surface area contributed by atoms with Crippen LogP contribution < -0.4 is 5.32 Å². The van der Waals surface area contributed by atoms with Crippen LogP contribution in [0, 0.1) is 0 Å². The van der Waals surface area contributed by atoms with Crippen LogP contribution in [0.5, 0.6) is 0 Å². The molecule has 2 N–H and O–H groups in total. The largest absolute Gasteiger partial charge is 0.361 e. The third-order valence-corrected chi connectivity index (χ3v) is 4.28. The van der Waals surface area contributed by atoms with E-state index in [4.69, 9.17) is 0 Å². The fraction of sp³-hybridized carbons (Fsp3) is 0.167. The van der Waals surface area contributed by atoms with Crippen LogP contribution in [0.1, 0.15) is 29.0 Å². The molecule has 3 heteroatoms. The second kappa shape index (κ2) is 4.77. The van der Waals surface area contributed by atoms with Crippen LogP contribution in [0.3, 0.4) is 0 Å². The van der Waals surface area contributed by atoms with Crippen molar-refractivity contribution in [2.75, 3.05) is 0 Å². The zero-order chi connectivity index (χ0) is 14.2. The van der Waals surface area contributed by atoms with E-state index in [9.17, 15) is 4.79 Å². The number of carbonyl (C=O) groups excluding carboxylic acids is 1. The van der Waals surface area contributed by atoms with E-state index in [1.165, 1.54) is 22.1 Å². The molecule has 3 nitrogen and oxygen atoms in total. The number of amides is 1. The second-order valence-electron chi connectivity index (χ2n) is 5.56. The summed E-state index contributed by atoms with van der Waals surface area (Å²) in [5, 5.41) is 4.18. The smallest absolute Gasteiger partial charge is 0.221 e. The van der Waals surface area contributed by atoms with Gasteiger partial charge in [0.25, 0.3) is 0 Å². The number of fused-ring (bicyclic) bond motifs is 2. The molecule has 1 aromatic heterocycles. The Morgan fingerprint density at radius 2 is 1.95 bits per heavy atom. The van der Waals surface area contributed by atoms with Crippen LogP contribution in [0.25, 0.3) is 10.9 Å². The highest BCUT2D eigenvalue weighted by Crippen LogP contribution is 2.33. The highest BCUT2D eigenvalue weighted by molar-refractivity contribution is 5.82. The van der Waals surface area contributed by atoms with Crippen molar-refractivity contribution in [3.63, 3.8) is 0 Å². The Morgan fingerprint density at radius 3 is 2.90 bits per heavy atom. The van der Waals surface area contributed by atoms with Crippen LogP contribution in [0.15, 0.2) is 54.7 Å². The van der Waals surface area contributed by atoms with Gasteiger partial charge in [-0.25, -0.2) is 0 Å². The summed E-state index contributed by atoms with van der Waals surface area (Å²) in [6.45, 7) is 0.623. The molecule has 4 rings (SSSR count). The van der Waals surface area contributed by atoms with Gasteiger partial charge in [-0.2, -0.15) is 0 Å². The summed E-state index contributed by atoms with van der Waals surface area (Å²) in [6.07, 6.45) is 2.45. The van der Waals surface area contributed by atoms with E-state index in [0.29, 0.717) is 13.0 Å². The first-order valence-electron chi connectivity index (χ1n) is 7.23. The molecular weight excluding hydrogens is 260 g/mol. The molecule has 1 aliphatic rings. The topological polar surface area (TPSA) is 44.9 Å². The molecule has 0 saturated carbocycles. The molecule has 2 heterocycles. The summed E-state index contributed by atoms with van der Waals surface area (Å²) in [4.78, 5) is 15.2. The Bertz CT molecular complexity index is 819. The van der Waals surface area contributed by atoms with Crippen LogP contribution in [-0.4, -0.2) is 10.9 Å². The number of H-pyrrole nitrogens is 1. The predicted octanol–water partition coefficient (Wildman–Crippen LogP) is 3.32. The second-order valence-corrected chi connectivity index (χ2v) is 5.56. The molecule has 0 saturated heterocycles. The summed E-state index contributed by atoms with van der Waals surface area (Å²) < 4.78 is 0.